The Morgan fingerprint density at radius 2 is 1.83 bits per heavy atom. The summed E-state index contributed by atoms with van der Waals surface area (Å²) in [5, 5.41) is 3.46. The SMILES string of the molecule is C[C@H](CSC(C)(C)C)Nc1ccc([S@@](C)=O)cc1. The Morgan fingerprint density at radius 1 is 1.28 bits per heavy atom. The van der Waals surface area contributed by atoms with E-state index in [-0.39, 0.29) is 0 Å². The largest absolute Gasteiger partial charge is 0.382 e. The van der Waals surface area contributed by atoms with Gasteiger partial charge in [0.25, 0.3) is 0 Å². The van der Waals surface area contributed by atoms with Crippen LogP contribution in [0.1, 0.15) is 27.7 Å². The number of thioether (sulfide) groups is 1. The molecule has 0 aliphatic heterocycles. The molecule has 0 unspecified atom stereocenters. The smallest absolute Gasteiger partial charge is 0.0498 e. The number of anilines is 1. The van der Waals surface area contributed by atoms with E-state index in [2.05, 4.69) is 33.0 Å². The van der Waals surface area contributed by atoms with Crippen molar-refractivity contribution in [1.29, 1.82) is 0 Å². The van der Waals surface area contributed by atoms with Crippen LogP contribution in [-0.2, 0) is 10.8 Å². The predicted octanol–water partition coefficient (Wildman–Crippen LogP) is 3.76. The molecule has 102 valence electrons. The summed E-state index contributed by atoms with van der Waals surface area (Å²) in [6, 6.07) is 8.25. The molecule has 0 radical (unpaired) electrons. The van der Waals surface area contributed by atoms with Crippen LogP contribution in [0.15, 0.2) is 29.2 Å². The van der Waals surface area contributed by atoms with E-state index in [0.717, 1.165) is 16.3 Å². The minimum absolute atomic E-state index is 0.304. The molecule has 1 rings (SSSR count). The van der Waals surface area contributed by atoms with Crippen LogP contribution in [0.4, 0.5) is 5.69 Å². The van der Waals surface area contributed by atoms with Gasteiger partial charge in [-0.05, 0) is 31.2 Å². The molecule has 1 aromatic carbocycles. The molecule has 1 aromatic rings. The van der Waals surface area contributed by atoms with Crippen molar-refractivity contribution in [2.75, 3.05) is 17.3 Å². The van der Waals surface area contributed by atoms with E-state index in [9.17, 15) is 4.21 Å². The van der Waals surface area contributed by atoms with Gasteiger partial charge < -0.3 is 5.32 Å². The monoisotopic (exact) mass is 285 g/mol. The fraction of sp³-hybridized carbons (Fsp3) is 0.571. The fourth-order valence-electron chi connectivity index (χ4n) is 1.44. The lowest BCUT2D eigenvalue weighted by Crippen LogP contribution is -2.21. The van der Waals surface area contributed by atoms with E-state index >= 15 is 0 Å². The van der Waals surface area contributed by atoms with Crippen molar-refractivity contribution in [3.8, 4) is 0 Å². The van der Waals surface area contributed by atoms with Gasteiger partial charge in [-0.2, -0.15) is 11.8 Å². The van der Waals surface area contributed by atoms with Crippen molar-refractivity contribution in [3.63, 3.8) is 0 Å². The Kier molecular flexibility index (Phi) is 5.73. The van der Waals surface area contributed by atoms with Gasteiger partial charge in [-0.1, -0.05) is 20.8 Å². The van der Waals surface area contributed by atoms with Crippen LogP contribution < -0.4 is 5.32 Å². The molecule has 4 heteroatoms. The van der Waals surface area contributed by atoms with Gasteiger partial charge in [0.15, 0.2) is 0 Å². The first kappa shape index (κ1) is 15.6. The van der Waals surface area contributed by atoms with Gasteiger partial charge in [-0.25, -0.2) is 0 Å². The van der Waals surface area contributed by atoms with Crippen LogP contribution in [-0.4, -0.2) is 27.0 Å². The molecular formula is C14H23NOS2. The first-order chi connectivity index (χ1) is 8.28. The first-order valence-electron chi connectivity index (χ1n) is 6.12. The van der Waals surface area contributed by atoms with Crippen LogP contribution in [0, 0.1) is 0 Å². The lowest BCUT2D eigenvalue weighted by Gasteiger charge is -2.22. The molecule has 2 atom stereocenters. The first-order valence-corrected chi connectivity index (χ1v) is 8.66. The lowest BCUT2D eigenvalue weighted by molar-refractivity contribution is 0.687. The standard InChI is InChI=1S/C14H23NOS2/c1-11(10-17-14(2,3)4)15-12-6-8-13(9-7-12)18(5)16/h6-9,11,15H,10H2,1-5H3/t11-,18-/m1/s1. The normalized spacial score (nSPS) is 15.2. The number of rotatable bonds is 5. The summed E-state index contributed by atoms with van der Waals surface area (Å²) in [6.45, 7) is 8.88. The Labute approximate surface area is 117 Å². The minimum atomic E-state index is -0.897. The Balaban J connectivity index is 2.49. The Hall–Kier alpha value is -0.480. The van der Waals surface area contributed by atoms with Gasteiger partial charge in [-0.15, -0.1) is 0 Å². The highest BCUT2D eigenvalue weighted by atomic mass is 32.2. The minimum Gasteiger partial charge on any atom is -0.382 e. The van der Waals surface area contributed by atoms with E-state index in [1.165, 1.54) is 0 Å². The van der Waals surface area contributed by atoms with E-state index in [1.807, 2.05) is 36.0 Å². The van der Waals surface area contributed by atoms with E-state index in [1.54, 1.807) is 6.26 Å². The van der Waals surface area contributed by atoms with Crippen molar-refractivity contribution >= 4 is 28.2 Å². The molecule has 0 fully saturated rings. The molecule has 0 heterocycles. The second-order valence-corrected chi connectivity index (χ2v) is 8.67. The van der Waals surface area contributed by atoms with Crippen LogP contribution in [0.2, 0.25) is 0 Å². The van der Waals surface area contributed by atoms with Gasteiger partial charge in [0.05, 0.1) is 0 Å². The zero-order valence-corrected chi connectivity index (χ0v) is 13.5. The third-order valence-electron chi connectivity index (χ3n) is 2.37. The molecule has 0 aromatic heterocycles. The predicted molar refractivity (Wildman–Crippen MR) is 84.1 cm³/mol. The van der Waals surface area contributed by atoms with Gasteiger partial charge >= 0.3 is 0 Å². The summed E-state index contributed by atoms with van der Waals surface area (Å²) in [5.41, 5.74) is 1.09. The Bertz CT molecular complexity index is 395. The molecule has 0 bridgehead atoms. The van der Waals surface area contributed by atoms with E-state index in [4.69, 9.17) is 0 Å². The maximum Gasteiger partial charge on any atom is 0.0498 e. The van der Waals surface area contributed by atoms with Crippen LogP contribution in [0.25, 0.3) is 0 Å². The van der Waals surface area contributed by atoms with Crippen LogP contribution in [0.3, 0.4) is 0 Å². The highest BCUT2D eigenvalue weighted by molar-refractivity contribution is 8.00. The van der Waals surface area contributed by atoms with Crippen molar-refractivity contribution in [2.24, 2.45) is 0 Å². The highest BCUT2D eigenvalue weighted by Gasteiger charge is 2.12. The van der Waals surface area contributed by atoms with Crippen LogP contribution >= 0.6 is 11.8 Å². The summed E-state index contributed by atoms with van der Waals surface area (Å²) < 4.78 is 11.6. The van der Waals surface area contributed by atoms with Gasteiger partial charge in [0, 0.05) is 44.2 Å². The lowest BCUT2D eigenvalue weighted by atomic mass is 10.3. The molecule has 0 saturated carbocycles. The third-order valence-corrected chi connectivity index (χ3v) is 4.83. The molecule has 0 aliphatic carbocycles. The molecule has 0 spiro atoms. The maximum absolute atomic E-state index is 11.3. The third kappa shape index (κ3) is 5.91. The van der Waals surface area contributed by atoms with Crippen LogP contribution in [0.5, 0.6) is 0 Å². The van der Waals surface area contributed by atoms with Gasteiger partial charge in [0.2, 0.25) is 0 Å². The van der Waals surface area contributed by atoms with Crippen molar-refractivity contribution < 1.29 is 4.21 Å². The number of nitrogens with one attached hydrogen (secondary N) is 1. The van der Waals surface area contributed by atoms with Crippen molar-refractivity contribution in [2.45, 2.75) is 43.4 Å². The molecule has 0 amide bonds. The maximum atomic E-state index is 11.3. The summed E-state index contributed by atoms with van der Waals surface area (Å²) in [5.74, 6) is 1.07. The molecule has 18 heavy (non-hydrogen) atoms. The zero-order chi connectivity index (χ0) is 13.8. The average Bonchev–Trinajstić information content (AvgIpc) is 2.26. The fourth-order valence-corrected chi connectivity index (χ4v) is 2.80. The zero-order valence-electron chi connectivity index (χ0n) is 11.8. The second-order valence-electron chi connectivity index (χ2n) is 5.45. The summed E-state index contributed by atoms with van der Waals surface area (Å²) in [6.07, 6.45) is 1.70. The topological polar surface area (TPSA) is 29.1 Å². The number of hydrogen-bond acceptors (Lipinski definition) is 3. The molecule has 0 aliphatic rings. The average molecular weight is 285 g/mol. The molecule has 0 saturated heterocycles. The van der Waals surface area contributed by atoms with E-state index in [0.29, 0.717) is 10.8 Å². The second kappa shape index (κ2) is 6.62. The van der Waals surface area contributed by atoms with Crippen molar-refractivity contribution in [3.05, 3.63) is 24.3 Å². The number of benzene rings is 1. The summed E-state index contributed by atoms with van der Waals surface area (Å²) in [4.78, 5) is 0.872. The molecule has 2 nitrogen and oxygen atoms in total. The number of hydrogen-bond donors (Lipinski definition) is 1. The van der Waals surface area contributed by atoms with Gasteiger partial charge in [-0.3, -0.25) is 4.21 Å². The molecule has 1 N–H and O–H groups in total. The highest BCUT2D eigenvalue weighted by Crippen LogP contribution is 2.24. The quantitative estimate of drug-likeness (QED) is 0.893. The Morgan fingerprint density at radius 3 is 2.28 bits per heavy atom. The summed E-state index contributed by atoms with van der Waals surface area (Å²) >= 11 is 1.96. The van der Waals surface area contributed by atoms with E-state index < -0.39 is 10.8 Å². The molecular weight excluding hydrogens is 262 g/mol. The van der Waals surface area contributed by atoms with Crippen molar-refractivity contribution in [1.82, 2.24) is 0 Å². The summed E-state index contributed by atoms with van der Waals surface area (Å²) in [7, 11) is -0.897. The van der Waals surface area contributed by atoms with Gasteiger partial charge in [0.1, 0.15) is 0 Å².